The van der Waals surface area contributed by atoms with Gasteiger partial charge in [0.2, 0.25) is 0 Å². The monoisotopic (exact) mass is 328 g/mol. The summed E-state index contributed by atoms with van der Waals surface area (Å²) in [5.41, 5.74) is 0.854. The van der Waals surface area contributed by atoms with Gasteiger partial charge in [-0.15, -0.1) is 11.3 Å². The predicted octanol–water partition coefficient (Wildman–Crippen LogP) is 1.88. The molecule has 2 aromatic heterocycles. The van der Waals surface area contributed by atoms with Crippen LogP contribution in [0.3, 0.4) is 0 Å². The number of hydrogen-bond donors (Lipinski definition) is 1. The third-order valence-electron chi connectivity index (χ3n) is 3.50. The Kier molecular flexibility index (Phi) is 4.20. The van der Waals surface area contributed by atoms with E-state index in [-0.39, 0.29) is 17.2 Å². The fraction of sp³-hybridized carbons (Fsp3) is 0.250. The van der Waals surface area contributed by atoms with Crippen molar-refractivity contribution in [1.82, 2.24) is 20.1 Å². The molecular weight excluding hydrogens is 312 g/mol. The molecule has 0 saturated heterocycles. The van der Waals surface area contributed by atoms with E-state index in [1.54, 1.807) is 42.6 Å². The first-order valence-electron chi connectivity index (χ1n) is 7.27. The minimum atomic E-state index is -0.317. The largest absolute Gasteiger partial charge is 0.345 e. The average molecular weight is 328 g/mol. The van der Waals surface area contributed by atoms with Gasteiger partial charge < -0.3 is 5.32 Å². The first-order valence-corrected chi connectivity index (χ1v) is 8.15. The molecule has 118 valence electrons. The van der Waals surface area contributed by atoms with Gasteiger partial charge in [0, 0.05) is 17.8 Å². The lowest BCUT2D eigenvalue weighted by atomic mass is 10.1. The molecule has 0 unspecified atom stereocenters. The Hall–Kier alpha value is -2.54. The number of rotatable bonds is 4. The molecule has 0 radical (unpaired) electrons. The van der Waals surface area contributed by atoms with Crippen molar-refractivity contribution < 1.29 is 4.79 Å². The molecule has 23 heavy (non-hydrogen) atoms. The first kappa shape index (κ1) is 15.4. The molecule has 2 heterocycles. The van der Waals surface area contributed by atoms with Crippen LogP contribution in [0.4, 0.5) is 0 Å². The summed E-state index contributed by atoms with van der Waals surface area (Å²) < 4.78 is 1.19. The number of nitrogens with one attached hydrogen (secondary N) is 1. The van der Waals surface area contributed by atoms with Crippen LogP contribution in [-0.4, -0.2) is 20.7 Å². The van der Waals surface area contributed by atoms with Crippen molar-refractivity contribution in [3.05, 3.63) is 56.4 Å². The molecule has 3 aromatic rings. The van der Waals surface area contributed by atoms with Gasteiger partial charge in [-0.1, -0.05) is 25.1 Å². The molecule has 0 bridgehead atoms. The number of benzene rings is 1. The minimum absolute atomic E-state index is 0.218. The van der Waals surface area contributed by atoms with Crippen molar-refractivity contribution >= 4 is 28.0 Å². The summed E-state index contributed by atoms with van der Waals surface area (Å²) in [5, 5.41) is 10.9. The van der Waals surface area contributed by atoms with E-state index in [0.29, 0.717) is 17.3 Å². The quantitative estimate of drug-likeness (QED) is 0.793. The zero-order valence-electron chi connectivity index (χ0n) is 12.9. The Morgan fingerprint density at radius 2 is 2.04 bits per heavy atom. The van der Waals surface area contributed by atoms with E-state index in [1.807, 2.05) is 12.3 Å². The first-order chi connectivity index (χ1) is 11.1. The molecule has 0 aliphatic heterocycles. The highest BCUT2D eigenvalue weighted by atomic mass is 32.1. The van der Waals surface area contributed by atoms with E-state index in [0.717, 1.165) is 17.1 Å². The highest BCUT2D eigenvalue weighted by molar-refractivity contribution is 7.09. The molecule has 0 saturated carbocycles. The van der Waals surface area contributed by atoms with E-state index in [1.165, 1.54) is 4.68 Å². The van der Waals surface area contributed by atoms with Crippen LogP contribution < -0.4 is 10.9 Å². The third-order valence-corrected chi connectivity index (χ3v) is 4.55. The van der Waals surface area contributed by atoms with Gasteiger partial charge in [-0.2, -0.15) is 5.10 Å². The van der Waals surface area contributed by atoms with E-state index >= 15 is 0 Å². The Bertz CT molecular complexity index is 929. The van der Waals surface area contributed by atoms with Crippen molar-refractivity contribution in [2.24, 2.45) is 7.05 Å². The van der Waals surface area contributed by atoms with Gasteiger partial charge in [-0.25, -0.2) is 9.67 Å². The van der Waals surface area contributed by atoms with Gasteiger partial charge >= 0.3 is 0 Å². The molecule has 0 fully saturated rings. The van der Waals surface area contributed by atoms with Gasteiger partial charge in [-0.3, -0.25) is 9.59 Å². The lowest BCUT2D eigenvalue weighted by Gasteiger charge is -2.08. The zero-order chi connectivity index (χ0) is 16.4. The lowest BCUT2D eigenvalue weighted by molar-refractivity contribution is 0.0945. The molecule has 1 amide bonds. The molecule has 0 aliphatic rings. The van der Waals surface area contributed by atoms with Crippen LogP contribution in [0.1, 0.15) is 28.1 Å². The van der Waals surface area contributed by atoms with Crippen LogP contribution in [0.5, 0.6) is 0 Å². The number of carbonyl (C=O) groups excluding carboxylic acids is 1. The van der Waals surface area contributed by atoms with Gasteiger partial charge in [0.25, 0.3) is 11.5 Å². The van der Waals surface area contributed by atoms with Crippen molar-refractivity contribution in [1.29, 1.82) is 0 Å². The smallest absolute Gasteiger partial charge is 0.274 e. The normalized spacial score (nSPS) is 10.9. The molecule has 6 nitrogen and oxygen atoms in total. The average Bonchev–Trinajstić information content (AvgIpc) is 3.04. The number of aryl methyl sites for hydroxylation is 2. The van der Waals surface area contributed by atoms with E-state index in [9.17, 15) is 9.59 Å². The summed E-state index contributed by atoms with van der Waals surface area (Å²) in [4.78, 5) is 29.0. The Labute approximate surface area is 136 Å². The molecule has 1 aromatic carbocycles. The van der Waals surface area contributed by atoms with Crippen molar-refractivity contribution in [3.63, 3.8) is 0 Å². The number of thiazole rings is 1. The molecule has 0 atom stereocenters. The van der Waals surface area contributed by atoms with Gasteiger partial charge in [0.05, 0.1) is 22.6 Å². The van der Waals surface area contributed by atoms with E-state index in [4.69, 9.17) is 0 Å². The number of carbonyl (C=O) groups is 1. The molecule has 3 rings (SSSR count). The zero-order valence-corrected chi connectivity index (χ0v) is 13.7. The Morgan fingerprint density at radius 3 is 2.74 bits per heavy atom. The maximum absolute atomic E-state index is 12.5. The lowest BCUT2D eigenvalue weighted by Crippen LogP contribution is -2.29. The van der Waals surface area contributed by atoms with Crippen LogP contribution in [0.2, 0.25) is 0 Å². The molecule has 0 aliphatic carbocycles. The second-order valence-electron chi connectivity index (χ2n) is 5.09. The van der Waals surface area contributed by atoms with Crippen LogP contribution in [0, 0.1) is 0 Å². The topological polar surface area (TPSA) is 76.9 Å². The summed E-state index contributed by atoms with van der Waals surface area (Å²) in [6.45, 7) is 2.38. The summed E-state index contributed by atoms with van der Waals surface area (Å²) in [6.07, 6.45) is 0.881. The molecular formula is C16H16N4O2S. The van der Waals surface area contributed by atoms with Crippen LogP contribution in [-0.2, 0) is 20.0 Å². The maximum Gasteiger partial charge on any atom is 0.274 e. The van der Waals surface area contributed by atoms with Crippen LogP contribution in [0.15, 0.2) is 34.4 Å². The fourth-order valence-corrected chi connectivity index (χ4v) is 3.06. The third kappa shape index (κ3) is 3.00. The summed E-state index contributed by atoms with van der Waals surface area (Å²) >= 11 is 1.58. The minimum Gasteiger partial charge on any atom is -0.345 e. The number of aromatic nitrogens is 3. The highest BCUT2D eigenvalue weighted by Crippen LogP contribution is 2.14. The van der Waals surface area contributed by atoms with E-state index < -0.39 is 0 Å². The van der Waals surface area contributed by atoms with Crippen molar-refractivity contribution in [2.45, 2.75) is 19.9 Å². The summed E-state index contributed by atoms with van der Waals surface area (Å²) in [6, 6.07) is 6.99. The van der Waals surface area contributed by atoms with E-state index in [2.05, 4.69) is 15.4 Å². The second-order valence-corrected chi connectivity index (χ2v) is 6.03. The van der Waals surface area contributed by atoms with Crippen LogP contribution >= 0.6 is 11.3 Å². The van der Waals surface area contributed by atoms with Crippen molar-refractivity contribution in [3.8, 4) is 0 Å². The maximum atomic E-state index is 12.5. The number of amides is 1. The van der Waals surface area contributed by atoms with Gasteiger partial charge in [-0.05, 0) is 12.5 Å². The molecule has 1 N–H and O–H groups in total. The van der Waals surface area contributed by atoms with Crippen molar-refractivity contribution in [2.75, 3.05) is 0 Å². The van der Waals surface area contributed by atoms with Gasteiger partial charge in [0.1, 0.15) is 0 Å². The Balaban J connectivity index is 1.89. The second kappa shape index (κ2) is 6.29. The highest BCUT2D eigenvalue weighted by Gasteiger charge is 2.15. The molecule has 0 spiro atoms. The Morgan fingerprint density at radius 1 is 1.30 bits per heavy atom. The van der Waals surface area contributed by atoms with Crippen LogP contribution in [0.25, 0.3) is 10.8 Å². The summed E-state index contributed by atoms with van der Waals surface area (Å²) in [7, 11) is 1.54. The predicted molar refractivity (Wildman–Crippen MR) is 89.6 cm³/mol. The standard InChI is InChI=1S/C16H16N4O2S/c1-3-13-18-10(9-23-13)8-17-15(21)14-11-6-4-5-7-12(11)16(22)20(2)19-14/h4-7,9H,3,8H2,1-2H3,(H,17,21). The SMILES string of the molecule is CCc1nc(CNC(=O)c2nn(C)c(=O)c3ccccc23)cs1. The molecule has 7 heteroatoms. The number of hydrogen-bond acceptors (Lipinski definition) is 5. The summed E-state index contributed by atoms with van der Waals surface area (Å²) in [5.74, 6) is -0.317. The van der Waals surface area contributed by atoms with Gasteiger partial charge in [0.15, 0.2) is 5.69 Å². The number of nitrogens with zero attached hydrogens (tertiary/aromatic N) is 3. The fourth-order valence-electron chi connectivity index (χ4n) is 2.31. The number of fused-ring (bicyclic) bond motifs is 1.